The first kappa shape index (κ1) is 19.2. The van der Waals surface area contributed by atoms with E-state index in [4.69, 9.17) is 23.4 Å². The minimum Gasteiger partial charge on any atom is -0.370 e. The molecule has 0 bridgehead atoms. The zero-order chi connectivity index (χ0) is 15.9. The number of hydrogen-bond acceptors (Lipinski definition) is 3. The minimum absolute atomic E-state index is 0. The highest BCUT2D eigenvalue weighted by Gasteiger charge is 2.14. The Labute approximate surface area is 147 Å². The Kier molecular flexibility index (Phi) is 7.77. The van der Waals surface area contributed by atoms with Crippen LogP contribution in [0.4, 0.5) is 5.69 Å². The Hall–Kier alpha value is -1.86. The number of carbonyl (C=O) groups excluding carboxylic acids is 1. The van der Waals surface area contributed by atoms with E-state index in [1.165, 1.54) is 19.3 Å². The average molecular weight is 356 g/mol. The third-order valence-electron chi connectivity index (χ3n) is 3.57. The number of rotatable bonds is 3. The van der Waals surface area contributed by atoms with Crippen molar-refractivity contribution < 1.29 is 4.79 Å². The Balaban J connectivity index is 0.00000264. The molecule has 23 heavy (non-hydrogen) atoms. The van der Waals surface area contributed by atoms with E-state index in [1.54, 1.807) is 18.2 Å². The van der Waals surface area contributed by atoms with Crippen molar-refractivity contribution in [1.82, 2.24) is 10.6 Å². The molecular formula is C15H22ClN5OS. The van der Waals surface area contributed by atoms with Crippen molar-refractivity contribution in [2.75, 3.05) is 5.32 Å². The van der Waals surface area contributed by atoms with Gasteiger partial charge in [0.25, 0.3) is 5.91 Å². The summed E-state index contributed by atoms with van der Waals surface area (Å²) in [5.41, 5.74) is 6.30. The van der Waals surface area contributed by atoms with Crippen LogP contribution in [0.2, 0.25) is 0 Å². The third kappa shape index (κ3) is 6.42. The highest BCUT2D eigenvalue weighted by atomic mass is 35.5. The van der Waals surface area contributed by atoms with Crippen molar-refractivity contribution in [2.45, 2.75) is 38.1 Å². The van der Waals surface area contributed by atoms with Crippen molar-refractivity contribution >= 4 is 47.3 Å². The first-order valence-electron chi connectivity index (χ1n) is 7.37. The number of amides is 1. The summed E-state index contributed by atoms with van der Waals surface area (Å²) in [6, 6.07) is 7.34. The van der Waals surface area contributed by atoms with Crippen LogP contribution in [0.25, 0.3) is 0 Å². The quantitative estimate of drug-likeness (QED) is 0.325. The number of benzene rings is 1. The molecule has 0 heterocycles. The lowest BCUT2D eigenvalue weighted by Crippen LogP contribution is -2.39. The molecule has 126 valence electrons. The number of guanidine groups is 1. The van der Waals surface area contributed by atoms with E-state index < -0.39 is 5.91 Å². The molecule has 1 fully saturated rings. The van der Waals surface area contributed by atoms with E-state index in [9.17, 15) is 4.79 Å². The maximum absolute atomic E-state index is 11.8. The van der Waals surface area contributed by atoms with E-state index in [0.29, 0.717) is 16.7 Å². The van der Waals surface area contributed by atoms with Gasteiger partial charge in [0.1, 0.15) is 0 Å². The van der Waals surface area contributed by atoms with Crippen LogP contribution in [-0.2, 0) is 0 Å². The number of thiocarbonyl (C=S) groups is 1. The molecule has 0 aromatic heterocycles. The molecule has 1 amide bonds. The molecule has 6 nitrogen and oxygen atoms in total. The summed E-state index contributed by atoms with van der Waals surface area (Å²) in [6.07, 6.45) is 6.05. The average Bonchev–Trinajstić information content (AvgIpc) is 2.47. The predicted octanol–water partition coefficient (Wildman–Crippen LogP) is 2.35. The largest absolute Gasteiger partial charge is 0.370 e. The second kappa shape index (κ2) is 9.32. The minimum atomic E-state index is -0.415. The SMILES string of the molecule is Cl.N=C(N)NC(=O)c1cccc(NC(=S)NC2CCCCC2)c1. The maximum atomic E-state index is 11.8. The summed E-state index contributed by atoms with van der Waals surface area (Å²) in [5.74, 6) is -0.792. The number of nitrogens with one attached hydrogen (secondary N) is 4. The standard InChI is InChI=1S/C15H21N5OS.ClH/c16-14(17)20-13(21)10-5-4-8-12(9-10)19-15(22)18-11-6-2-1-3-7-11;/h4-5,8-9,11H,1-3,6-7H2,(H2,18,19,22)(H4,16,17,20,21);1H. The fourth-order valence-corrected chi connectivity index (χ4v) is 2.82. The summed E-state index contributed by atoms with van der Waals surface area (Å²) in [6.45, 7) is 0. The number of nitrogens with two attached hydrogens (primary N) is 1. The lowest BCUT2D eigenvalue weighted by Gasteiger charge is -2.24. The van der Waals surface area contributed by atoms with Gasteiger partial charge in [-0.3, -0.25) is 15.5 Å². The third-order valence-corrected chi connectivity index (χ3v) is 3.79. The molecule has 0 saturated heterocycles. The summed E-state index contributed by atoms with van der Waals surface area (Å²) in [7, 11) is 0. The van der Waals surface area contributed by atoms with Gasteiger partial charge in [-0.2, -0.15) is 0 Å². The molecule has 1 saturated carbocycles. The highest BCUT2D eigenvalue weighted by molar-refractivity contribution is 7.80. The van der Waals surface area contributed by atoms with E-state index >= 15 is 0 Å². The Morgan fingerprint density at radius 3 is 2.61 bits per heavy atom. The van der Waals surface area contributed by atoms with Crippen molar-refractivity contribution in [3.8, 4) is 0 Å². The monoisotopic (exact) mass is 355 g/mol. The number of carbonyl (C=O) groups is 1. The fraction of sp³-hybridized carbons (Fsp3) is 0.400. The molecule has 6 N–H and O–H groups in total. The number of hydrogen-bond donors (Lipinski definition) is 5. The van der Waals surface area contributed by atoms with Gasteiger partial charge in [-0.1, -0.05) is 25.3 Å². The predicted molar refractivity (Wildman–Crippen MR) is 99.3 cm³/mol. The van der Waals surface area contributed by atoms with Gasteiger partial charge in [-0.25, -0.2) is 0 Å². The molecule has 1 aromatic carbocycles. The van der Waals surface area contributed by atoms with Gasteiger partial charge in [0.15, 0.2) is 11.1 Å². The second-order valence-electron chi connectivity index (χ2n) is 5.38. The van der Waals surface area contributed by atoms with Crippen molar-refractivity contribution in [3.05, 3.63) is 29.8 Å². The van der Waals surface area contributed by atoms with Crippen LogP contribution in [0.5, 0.6) is 0 Å². The summed E-state index contributed by atoms with van der Waals surface area (Å²) in [4.78, 5) is 11.8. The van der Waals surface area contributed by atoms with Gasteiger partial charge < -0.3 is 16.4 Å². The molecule has 8 heteroatoms. The van der Waals surface area contributed by atoms with Crippen LogP contribution in [0.15, 0.2) is 24.3 Å². The Bertz CT molecular complexity index is 575. The summed E-state index contributed by atoms with van der Waals surface area (Å²) >= 11 is 5.32. The first-order valence-corrected chi connectivity index (χ1v) is 7.78. The second-order valence-corrected chi connectivity index (χ2v) is 5.79. The van der Waals surface area contributed by atoms with Crippen molar-refractivity contribution in [1.29, 1.82) is 5.41 Å². The van der Waals surface area contributed by atoms with E-state index in [2.05, 4.69) is 16.0 Å². The van der Waals surface area contributed by atoms with Crippen LogP contribution in [-0.4, -0.2) is 23.0 Å². The van der Waals surface area contributed by atoms with Crippen LogP contribution in [0.3, 0.4) is 0 Å². The normalized spacial score (nSPS) is 14.3. The van der Waals surface area contributed by atoms with Gasteiger partial charge in [-0.05, 0) is 43.3 Å². The van der Waals surface area contributed by atoms with Gasteiger partial charge in [0.05, 0.1) is 0 Å². The lowest BCUT2D eigenvalue weighted by molar-refractivity contribution is 0.0976. The molecule has 0 radical (unpaired) electrons. The van der Waals surface area contributed by atoms with Gasteiger partial charge in [0.2, 0.25) is 0 Å². The van der Waals surface area contributed by atoms with Gasteiger partial charge in [0, 0.05) is 17.3 Å². The molecule has 0 atom stereocenters. The number of halogens is 1. The van der Waals surface area contributed by atoms with Crippen LogP contribution >= 0.6 is 24.6 Å². The van der Waals surface area contributed by atoms with Crippen molar-refractivity contribution in [3.63, 3.8) is 0 Å². The fourth-order valence-electron chi connectivity index (χ4n) is 2.53. The van der Waals surface area contributed by atoms with E-state index in [0.717, 1.165) is 18.5 Å². The van der Waals surface area contributed by atoms with Gasteiger partial charge >= 0.3 is 0 Å². The number of anilines is 1. The highest BCUT2D eigenvalue weighted by Crippen LogP contribution is 2.17. The molecule has 1 aromatic rings. The molecular weight excluding hydrogens is 334 g/mol. The molecule has 0 spiro atoms. The summed E-state index contributed by atoms with van der Waals surface area (Å²) < 4.78 is 0. The molecule has 0 unspecified atom stereocenters. The summed E-state index contributed by atoms with van der Waals surface area (Å²) in [5, 5.41) is 16.3. The molecule has 1 aliphatic rings. The zero-order valence-corrected chi connectivity index (χ0v) is 14.4. The zero-order valence-electron chi connectivity index (χ0n) is 12.7. The lowest BCUT2D eigenvalue weighted by atomic mass is 9.96. The van der Waals surface area contributed by atoms with Gasteiger partial charge in [-0.15, -0.1) is 12.4 Å². The Morgan fingerprint density at radius 1 is 1.26 bits per heavy atom. The molecule has 2 rings (SSSR count). The smallest absolute Gasteiger partial charge is 0.258 e. The van der Waals surface area contributed by atoms with E-state index in [-0.39, 0.29) is 18.4 Å². The van der Waals surface area contributed by atoms with Crippen LogP contribution in [0.1, 0.15) is 42.5 Å². The van der Waals surface area contributed by atoms with Crippen molar-refractivity contribution in [2.24, 2.45) is 5.73 Å². The molecule has 1 aliphatic carbocycles. The maximum Gasteiger partial charge on any atom is 0.258 e. The first-order chi connectivity index (χ1) is 10.5. The van der Waals surface area contributed by atoms with E-state index in [1.807, 2.05) is 6.07 Å². The van der Waals surface area contributed by atoms with Crippen LogP contribution < -0.4 is 21.7 Å². The Morgan fingerprint density at radius 2 is 1.96 bits per heavy atom. The topological polar surface area (TPSA) is 103 Å². The molecule has 0 aliphatic heterocycles. The van der Waals surface area contributed by atoms with Crippen LogP contribution in [0, 0.1) is 5.41 Å².